The lowest BCUT2D eigenvalue weighted by molar-refractivity contribution is 0.0995. The average Bonchev–Trinajstić information content (AvgIpc) is 3.28. The van der Waals surface area contributed by atoms with E-state index in [-0.39, 0.29) is 17.4 Å². The molecule has 1 saturated heterocycles. The maximum absolute atomic E-state index is 12.7. The molecule has 3 N–H and O–H groups in total. The number of imidazole rings is 1. The second-order valence-electron chi connectivity index (χ2n) is 6.99. The molecule has 0 radical (unpaired) electrons. The number of aliphatic hydroxyl groups is 1. The largest absolute Gasteiger partial charge is 0.370 e. The van der Waals surface area contributed by atoms with Gasteiger partial charge in [0.25, 0.3) is 5.91 Å². The normalized spacial score (nSPS) is 20.2. The molecule has 0 spiro atoms. The van der Waals surface area contributed by atoms with E-state index in [1.54, 1.807) is 11.8 Å². The molecule has 0 aliphatic carbocycles. The molecule has 29 heavy (non-hydrogen) atoms. The number of hydrogen-bond donors (Lipinski definition) is 3. The number of amides is 1. The average molecular weight is 407 g/mol. The van der Waals surface area contributed by atoms with Crippen LogP contribution in [0.5, 0.6) is 0 Å². The van der Waals surface area contributed by atoms with Gasteiger partial charge in [0.2, 0.25) is 0 Å². The molecule has 1 fully saturated rings. The van der Waals surface area contributed by atoms with E-state index in [9.17, 15) is 9.90 Å². The number of para-hydroxylation sites is 1. The third-order valence-electron chi connectivity index (χ3n) is 4.52. The lowest BCUT2D eigenvalue weighted by Crippen LogP contribution is -2.45. The van der Waals surface area contributed by atoms with Crippen LogP contribution in [0.2, 0.25) is 0 Å². The van der Waals surface area contributed by atoms with Gasteiger partial charge in [-0.3, -0.25) is 9.69 Å². The van der Waals surface area contributed by atoms with Crippen LogP contribution >= 0.6 is 11.8 Å². The maximum atomic E-state index is 12.7. The minimum atomic E-state index is -1.09. The fourth-order valence-electron chi connectivity index (χ4n) is 3.04. The van der Waals surface area contributed by atoms with Crippen molar-refractivity contribution in [2.24, 2.45) is 4.99 Å². The van der Waals surface area contributed by atoms with Crippen LogP contribution in [-0.2, 0) is 0 Å². The third-order valence-corrected chi connectivity index (χ3v) is 5.74. The number of carbonyl (C=O) groups is 1. The monoisotopic (exact) mass is 407 g/mol. The number of anilines is 2. The van der Waals surface area contributed by atoms with Crippen LogP contribution in [0.15, 0.2) is 65.9 Å². The predicted octanol–water partition coefficient (Wildman–Crippen LogP) is 3.92. The maximum Gasteiger partial charge on any atom is 0.276 e. The van der Waals surface area contributed by atoms with Gasteiger partial charge in [0.1, 0.15) is 0 Å². The third kappa shape index (κ3) is 4.03. The molecule has 1 atom stereocenters. The van der Waals surface area contributed by atoms with Gasteiger partial charge in [0, 0.05) is 17.1 Å². The molecule has 7 nitrogen and oxygen atoms in total. The molecule has 148 valence electrons. The van der Waals surface area contributed by atoms with Gasteiger partial charge in [-0.05, 0) is 38.1 Å². The molecule has 0 bridgehead atoms. The Morgan fingerprint density at radius 1 is 1.24 bits per heavy atom. The number of aryl methyl sites for hydroxylation is 1. The van der Waals surface area contributed by atoms with Gasteiger partial charge < -0.3 is 15.4 Å². The minimum Gasteiger partial charge on any atom is -0.370 e. The topological polar surface area (TPSA) is 93.6 Å². The summed E-state index contributed by atoms with van der Waals surface area (Å²) in [6, 6.07) is 17.1. The van der Waals surface area contributed by atoms with Gasteiger partial charge in [0.05, 0.1) is 6.33 Å². The molecule has 0 saturated carbocycles. The van der Waals surface area contributed by atoms with E-state index in [0.717, 1.165) is 11.3 Å². The first-order chi connectivity index (χ1) is 13.9. The van der Waals surface area contributed by atoms with E-state index in [2.05, 4.69) is 20.3 Å². The van der Waals surface area contributed by atoms with Gasteiger partial charge in [-0.1, -0.05) is 47.7 Å². The zero-order chi connectivity index (χ0) is 20.4. The molecule has 4 rings (SSSR count). The highest BCUT2D eigenvalue weighted by molar-refractivity contribution is 8.14. The van der Waals surface area contributed by atoms with Crippen molar-refractivity contribution in [2.45, 2.75) is 19.6 Å². The Bertz CT molecular complexity index is 1040. The first kappa shape index (κ1) is 19.2. The number of benzene rings is 2. The van der Waals surface area contributed by atoms with Crippen LogP contribution in [-0.4, -0.2) is 37.6 Å². The smallest absolute Gasteiger partial charge is 0.276 e. The van der Waals surface area contributed by atoms with Crippen molar-refractivity contribution in [1.82, 2.24) is 9.97 Å². The number of aromatic nitrogens is 2. The number of rotatable bonds is 4. The lowest BCUT2D eigenvalue weighted by atomic mass is 10.2. The summed E-state index contributed by atoms with van der Waals surface area (Å²) in [6.07, 6.45) is 1.44. The zero-order valence-corrected chi connectivity index (χ0v) is 16.9. The molecule has 2 heterocycles. The van der Waals surface area contributed by atoms with Crippen molar-refractivity contribution in [3.63, 3.8) is 0 Å². The standard InChI is InChI=1S/C21H21N5O2S/c1-14-8-10-15(11-9-14)24-19(27)17-18(23-13-22-17)25-20-26(21(2,28)12-29-20)16-6-4-3-5-7-16/h3-11,13,28H,12H2,1-2H3,(H,22,23)(H,24,27). The lowest BCUT2D eigenvalue weighted by Gasteiger charge is -2.30. The fourth-order valence-corrected chi connectivity index (χ4v) is 4.16. The number of aliphatic imine (C=N–C) groups is 1. The van der Waals surface area contributed by atoms with Crippen LogP contribution in [0, 0.1) is 6.92 Å². The fraction of sp³-hybridized carbons (Fsp3) is 0.190. The predicted molar refractivity (Wildman–Crippen MR) is 117 cm³/mol. The van der Waals surface area contributed by atoms with Crippen LogP contribution in [0.1, 0.15) is 23.0 Å². The Labute approximate surface area is 172 Å². The Morgan fingerprint density at radius 3 is 2.69 bits per heavy atom. The second-order valence-corrected chi connectivity index (χ2v) is 7.93. The summed E-state index contributed by atoms with van der Waals surface area (Å²) in [6.45, 7) is 3.73. The van der Waals surface area contributed by atoms with Crippen LogP contribution in [0.4, 0.5) is 17.2 Å². The zero-order valence-electron chi connectivity index (χ0n) is 16.1. The highest BCUT2D eigenvalue weighted by atomic mass is 32.2. The number of thioether (sulfide) groups is 1. The number of H-pyrrole nitrogens is 1. The van der Waals surface area contributed by atoms with Crippen LogP contribution in [0.25, 0.3) is 0 Å². The van der Waals surface area contributed by atoms with Gasteiger partial charge in [-0.2, -0.15) is 0 Å². The molecule has 1 aromatic heterocycles. The molecule has 1 aliphatic rings. The Balaban J connectivity index is 1.63. The minimum absolute atomic E-state index is 0.262. The highest BCUT2D eigenvalue weighted by Gasteiger charge is 2.40. The van der Waals surface area contributed by atoms with Crippen LogP contribution in [0.3, 0.4) is 0 Å². The SMILES string of the molecule is Cc1ccc(NC(=O)c2[nH]cnc2N=C2SCC(C)(O)N2c2ccccc2)cc1. The van der Waals surface area contributed by atoms with Crippen molar-refractivity contribution < 1.29 is 9.90 Å². The molecule has 8 heteroatoms. The summed E-state index contributed by atoms with van der Waals surface area (Å²) in [4.78, 5) is 26.1. The number of amidine groups is 1. The first-order valence-corrected chi connectivity index (χ1v) is 10.1. The van der Waals surface area contributed by atoms with Crippen molar-refractivity contribution in [1.29, 1.82) is 0 Å². The number of carbonyl (C=O) groups excluding carboxylic acids is 1. The summed E-state index contributed by atoms with van der Waals surface area (Å²) < 4.78 is 0. The molecule has 1 aliphatic heterocycles. The summed E-state index contributed by atoms with van der Waals surface area (Å²) >= 11 is 1.42. The van der Waals surface area contributed by atoms with Crippen molar-refractivity contribution in [3.8, 4) is 0 Å². The van der Waals surface area contributed by atoms with E-state index >= 15 is 0 Å². The summed E-state index contributed by atoms with van der Waals surface area (Å²) in [5.74, 6) is 0.401. The number of aromatic amines is 1. The highest BCUT2D eigenvalue weighted by Crippen LogP contribution is 2.37. The molecule has 3 aromatic rings. The van der Waals surface area contributed by atoms with Gasteiger partial charge in [0.15, 0.2) is 22.4 Å². The summed E-state index contributed by atoms with van der Waals surface area (Å²) in [5, 5.41) is 14.2. The van der Waals surface area contributed by atoms with Crippen molar-refractivity contribution in [3.05, 3.63) is 72.2 Å². The molecule has 1 amide bonds. The van der Waals surface area contributed by atoms with E-state index in [0.29, 0.717) is 16.6 Å². The second kappa shape index (κ2) is 7.73. The first-order valence-electron chi connectivity index (χ1n) is 9.14. The quantitative estimate of drug-likeness (QED) is 0.609. The van der Waals surface area contributed by atoms with Crippen molar-refractivity contribution >= 4 is 40.0 Å². The summed E-state index contributed by atoms with van der Waals surface area (Å²) in [7, 11) is 0. The number of hydrogen-bond acceptors (Lipinski definition) is 5. The molecule has 1 unspecified atom stereocenters. The van der Waals surface area contributed by atoms with Gasteiger partial charge >= 0.3 is 0 Å². The number of nitrogens with zero attached hydrogens (tertiary/aromatic N) is 3. The molecule has 2 aromatic carbocycles. The Morgan fingerprint density at radius 2 is 1.97 bits per heavy atom. The van der Waals surface area contributed by atoms with E-state index in [1.165, 1.54) is 18.1 Å². The molecular formula is C21H21N5O2S. The molecular weight excluding hydrogens is 386 g/mol. The van der Waals surface area contributed by atoms with Crippen LogP contribution < -0.4 is 10.2 Å². The van der Waals surface area contributed by atoms with E-state index < -0.39 is 5.72 Å². The Hall–Kier alpha value is -3.10. The van der Waals surface area contributed by atoms with E-state index in [1.807, 2.05) is 61.5 Å². The van der Waals surface area contributed by atoms with E-state index in [4.69, 9.17) is 0 Å². The number of nitrogens with one attached hydrogen (secondary N) is 2. The summed E-state index contributed by atoms with van der Waals surface area (Å²) in [5.41, 5.74) is 1.80. The Kier molecular flexibility index (Phi) is 5.12. The van der Waals surface area contributed by atoms with Gasteiger partial charge in [-0.15, -0.1) is 0 Å². The van der Waals surface area contributed by atoms with Gasteiger partial charge in [-0.25, -0.2) is 9.98 Å². The van der Waals surface area contributed by atoms with Crippen molar-refractivity contribution in [2.75, 3.05) is 16.0 Å².